The molecule has 0 aliphatic carbocycles. The standard InChI is InChI=1S/C19H23N5O3S/c1-13-10-17(24-28(25,26)19-14(2)22-23-15(19)3)12-18(11-13)27-9-8-21-16-4-6-20-7-5-16/h4-7,10-12,24H,8-9H2,1-3H3,(H,20,21)(H,22,23). The van der Waals surface area contributed by atoms with Gasteiger partial charge in [-0.3, -0.25) is 14.8 Å². The van der Waals surface area contributed by atoms with E-state index in [0.29, 0.717) is 36.0 Å². The Balaban J connectivity index is 1.66. The highest BCUT2D eigenvalue weighted by Crippen LogP contribution is 2.25. The highest BCUT2D eigenvalue weighted by molar-refractivity contribution is 7.92. The minimum atomic E-state index is -3.74. The first-order valence-electron chi connectivity index (χ1n) is 8.78. The van der Waals surface area contributed by atoms with Crippen LogP contribution in [0.15, 0.2) is 47.6 Å². The highest BCUT2D eigenvalue weighted by atomic mass is 32.2. The number of anilines is 2. The molecule has 0 saturated heterocycles. The van der Waals surface area contributed by atoms with Crippen LogP contribution in [0.4, 0.5) is 11.4 Å². The minimum Gasteiger partial charge on any atom is -0.492 e. The van der Waals surface area contributed by atoms with Gasteiger partial charge in [-0.1, -0.05) is 0 Å². The molecule has 3 aromatic rings. The lowest BCUT2D eigenvalue weighted by Gasteiger charge is -2.13. The largest absolute Gasteiger partial charge is 0.492 e. The van der Waals surface area contributed by atoms with Crippen LogP contribution in [-0.2, 0) is 10.0 Å². The molecule has 28 heavy (non-hydrogen) atoms. The van der Waals surface area contributed by atoms with Gasteiger partial charge in [0.1, 0.15) is 17.3 Å². The summed E-state index contributed by atoms with van der Waals surface area (Å²) in [7, 11) is -3.74. The van der Waals surface area contributed by atoms with Crippen molar-refractivity contribution in [2.24, 2.45) is 0 Å². The summed E-state index contributed by atoms with van der Waals surface area (Å²) in [5, 5.41) is 9.88. The molecule has 0 aliphatic heterocycles. The van der Waals surface area contributed by atoms with Crippen molar-refractivity contribution < 1.29 is 13.2 Å². The molecule has 0 atom stereocenters. The number of aromatic nitrogens is 3. The maximum Gasteiger partial charge on any atom is 0.265 e. The van der Waals surface area contributed by atoms with Crippen molar-refractivity contribution >= 4 is 21.4 Å². The summed E-state index contributed by atoms with van der Waals surface area (Å²) >= 11 is 0. The number of ether oxygens (including phenoxy) is 1. The second-order valence-corrected chi connectivity index (χ2v) is 8.03. The van der Waals surface area contributed by atoms with E-state index in [1.807, 2.05) is 25.1 Å². The van der Waals surface area contributed by atoms with E-state index in [1.165, 1.54) is 0 Å². The molecule has 1 aromatic carbocycles. The molecule has 0 bridgehead atoms. The maximum atomic E-state index is 12.7. The second-order valence-electron chi connectivity index (χ2n) is 6.41. The molecule has 0 unspecified atom stereocenters. The van der Waals surface area contributed by atoms with Gasteiger partial charge < -0.3 is 10.1 Å². The van der Waals surface area contributed by atoms with E-state index in [2.05, 4.69) is 25.2 Å². The van der Waals surface area contributed by atoms with Crippen LogP contribution in [-0.4, -0.2) is 36.8 Å². The Labute approximate surface area is 164 Å². The normalized spacial score (nSPS) is 11.2. The number of benzene rings is 1. The Bertz CT molecular complexity index is 1030. The van der Waals surface area contributed by atoms with Gasteiger partial charge in [0.25, 0.3) is 10.0 Å². The van der Waals surface area contributed by atoms with E-state index in [0.717, 1.165) is 11.3 Å². The Kier molecular flexibility index (Phi) is 5.84. The molecule has 9 heteroatoms. The third kappa shape index (κ3) is 4.80. The lowest BCUT2D eigenvalue weighted by molar-refractivity contribution is 0.333. The quantitative estimate of drug-likeness (QED) is 0.501. The van der Waals surface area contributed by atoms with Crippen molar-refractivity contribution in [1.82, 2.24) is 15.2 Å². The van der Waals surface area contributed by atoms with E-state index in [4.69, 9.17) is 4.74 Å². The van der Waals surface area contributed by atoms with Crippen LogP contribution in [0.1, 0.15) is 17.0 Å². The number of nitrogens with one attached hydrogen (secondary N) is 3. The molecule has 0 spiro atoms. The molecule has 8 nitrogen and oxygen atoms in total. The minimum absolute atomic E-state index is 0.165. The van der Waals surface area contributed by atoms with Crippen LogP contribution in [0.25, 0.3) is 0 Å². The van der Waals surface area contributed by atoms with Crippen LogP contribution < -0.4 is 14.8 Å². The first-order chi connectivity index (χ1) is 13.3. The summed E-state index contributed by atoms with van der Waals surface area (Å²) in [5.74, 6) is 0.592. The van der Waals surface area contributed by atoms with Crippen LogP contribution in [0, 0.1) is 20.8 Å². The fraction of sp³-hybridized carbons (Fsp3) is 0.263. The molecule has 0 radical (unpaired) electrons. The monoisotopic (exact) mass is 401 g/mol. The summed E-state index contributed by atoms with van der Waals surface area (Å²) in [4.78, 5) is 4.13. The number of rotatable bonds is 8. The average Bonchev–Trinajstić information content (AvgIpc) is 2.98. The Morgan fingerprint density at radius 3 is 2.50 bits per heavy atom. The van der Waals surface area contributed by atoms with Gasteiger partial charge in [-0.05, 0) is 50.6 Å². The summed E-state index contributed by atoms with van der Waals surface area (Å²) in [6, 6.07) is 9.03. The third-order valence-electron chi connectivity index (χ3n) is 4.01. The zero-order valence-corrected chi connectivity index (χ0v) is 16.8. The number of aromatic amines is 1. The molecule has 3 rings (SSSR count). The zero-order chi connectivity index (χ0) is 20.1. The lowest BCUT2D eigenvalue weighted by Crippen LogP contribution is -2.15. The molecular formula is C19H23N5O3S. The van der Waals surface area contributed by atoms with Crippen LogP contribution in [0.2, 0.25) is 0 Å². The van der Waals surface area contributed by atoms with Crippen LogP contribution in [0.3, 0.4) is 0 Å². The first-order valence-corrected chi connectivity index (χ1v) is 10.3. The molecule has 2 heterocycles. The van der Waals surface area contributed by atoms with E-state index in [9.17, 15) is 8.42 Å². The number of sulfonamides is 1. The number of nitrogens with zero attached hydrogens (tertiary/aromatic N) is 2. The Hall–Kier alpha value is -3.07. The van der Waals surface area contributed by atoms with Gasteiger partial charge >= 0.3 is 0 Å². The summed E-state index contributed by atoms with van der Waals surface area (Å²) in [6.07, 6.45) is 3.43. The van der Waals surface area contributed by atoms with Crippen molar-refractivity contribution in [3.8, 4) is 5.75 Å². The highest BCUT2D eigenvalue weighted by Gasteiger charge is 2.22. The molecule has 0 saturated carbocycles. The molecule has 148 valence electrons. The predicted octanol–water partition coefficient (Wildman–Crippen LogP) is 3.02. The van der Waals surface area contributed by atoms with Crippen LogP contribution in [0.5, 0.6) is 5.75 Å². The number of hydrogen-bond acceptors (Lipinski definition) is 6. The zero-order valence-electron chi connectivity index (χ0n) is 16.0. The van der Waals surface area contributed by atoms with Gasteiger partial charge in [-0.2, -0.15) is 5.10 Å². The second kappa shape index (κ2) is 8.30. The van der Waals surface area contributed by atoms with E-state index in [-0.39, 0.29) is 4.90 Å². The predicted molar refractivity (Wildman–Crippen MR) is 108 cm³/mol. The van der Waals surface area contributed by atoms with E-state index >= 15 is 0 Å². The molecule has 3 N–H and O–H groups in total. The van der Waals surface area contributed by atoms with Gasteiger partial charge in [-0.25, -0.2) is 8.42 Å². The molecule has 0 amide bonds. The van der Waals surface area contributed by atoms with E-state index < -0.39 is 10.0 Å². The number of H-pyrrole nitrogens is 1. The average molecular weight is 401 g/mol. The van der Waals surface area contributed by atoms with Crippen molar-refractivity contribution in [2.75, 3.05) is 23.2 Å². The fourth-order valence-corrected chi connectivity index (χ4v) is 4.28. The van der Waals surface area contributed by atoms with Crippen LogP contribution >= 0.6 is 0 Å². The van der Waals surface area contributed by atoms with Gasteiger partial charge in [0, 0.05) is 30.7 Å². The smallest absolute Gasteiger partial charge is 0.265 e. The number of pyridine rings is 1. The Morgan fingerprint density at radius 1 is 1.07 bits per heavy atom. The lowest BCUT2D eigenvalue weighted by atomic mass is 10.2. The van der Waals surface area contributed by atoms with Crippen molar-refractivity contribution in [2.45, 2.75) is 25.7 Å². The first kappa shape index (κ1) is 19.7. The van der Waals surface area contributed by atoms with E-state index in [1.54, 1.807) is 38.4 Å². The Morgan fingerprint density at radius 2 is 1.82 bits per heavy atom. The van der Waals surface area contributed by atoms with Gasteiger partial charge in [-0.15, -0.1) is 0 Å². The van der Waals surface area contributed by atoms with Crippen molar-refractivity contribution in [1.29, 1.82) is 0 Å². The van der Waals surface area contributed by atoms with Gasteiger partial charge in [0.15, 0.2) is 0 Å². The van der Waals surface area contributed by atoms with Crippen molar-refractivity contribution in [3.05, 3.63) is 59.7 Å². The molecule has 0 aliphatic rings. The SMILES string of the molecule is Cc1cc(NS(=O)(=O)c2c(C)n[nH]c2C)cc(OCCNc2ccncc2)c1. The summed E-state index contributed by atoms with van der Waals surface area (Å²) in [6.45, 7) is 6.24. The molecule has 2 aromatic heterocycles. The summed E-state index contributed by atoms with van der Waals surface area (Å²) < 4.78 is 33.8. The number of hydrogen-bond donors (Lipinski definition) is 3. The topological polar surface area (TPSA) is 109 Å². The molecule has 0 fully saturated rings. The van der Waals surface area contributed by atoms with Gasteiger partial charge in [0.2, 0.25) is 0 Å². The molecular weight excluding hydrogens is 378 g/mol. The van der Waals surface area contributed by atoms with Gasteiger partial charge in [0.05, 0.1) is 17.1 Å². The third-order valence-corrected chi connectivity index (χ3v) is 5.66. The summed E-state index contributed by atoms with van der Waals surface area (Å²) in [5.41, 5.74) is 3.21. The number of aryl methyl sites for hydroxylation is 3. The fourth-order valence-electron chi connectivity index (χ4n) is 2.87. The maximum absolute atomic E-state index is 12.7. The van der Waals surface area contributed by atoms with Crippen molar-refractivity contribution in [3.63, 3.8) is 0 Å².